The number of carbonyl (C=O) groups excluding carboxylic acids is 1. The average Bonchev–Trinajstić information content (AvgIpc) is 2.53. The standard InChI is InChI=1S/C8H13N3O2/c1-6(2)3-9-8(12)11-7-4-13-5-10-7/h4-6H,3H2,1-2H3,(H2,9,11,12). The fourth-order valence-electron chi connectivity index (χ4n) is 0.732. The molecule has 0 bridgehead atoms. The van der Waals surface area contributed by atoms with Crippen LogP contribution in [-0.4, -0.2) is 17.6 Å². The first kappa shape index (κ1) is 9.57. The first-order valence-electron chi connectivity index (χ1n) is 4.11. The van der Waals surface area contributed by atoms with Gasteiger partial charge < -0.3 is 9.73 Å². The predicted octanol–water partition coefficient (Wildman–Crippen LogP) is 1.45. The van der Waals surface area contributed by atoms with Gasteiger partial charge in [0.25, 0.3) is 0 Å². The van der Waals surface area contributed by atoms with Crippen molar-refractivity contribution in [2.45, 2.75) is 13.8 Å². The molecule has 0 saturated heterocycles. The van der Waals surface area contributed by atoms with Crippen LogP contribution < -0.4 is 10.6 Å². The topological polar surface area (TPSA) is 67.2 Å². The Morgan fingerprint density at radius 1 is 1.69 bits per heavy atom. The lowest BCUT2D eigenvalue weighted by Gasteiger charge is -2.06. The molecule has 0 saturated carbocycles. The van der Waals surface area contributed by atoms with Crippen LogP contribution >= 0.6 is 0 Å². The van der Waals surface area contributed by atoms with Gasteiger partial charge in [0.15, 0.2) is 12.2 Å². The van der Waals surface area contributed by atoms with E-state index in [0.29, 0.717) is 18.3 Å². The summed E-state index contributed by atoms with van der Waals surface area (Å²) in [7, 11) is 0. The molecule has 1 heterocycles. The van der Waals surface area contributed by atoms with Gasteiger partial charge in [-0.3, -0.25) is 5.32 Å². The van der Waals surface area contributed by atoms with Crippen molar-refractivity contribution in [3.63, 3.8) is 0 Å². The number of anilines is 1. The number of amides is 2. The van der Waals surface area contributed by atoms with Crippen molar-refractivity contribution < 1.29 is 9.21 Å². The maximum absolute atomic E-state index is 11.1. The Bertz CT molecular complexity index is 256. The molecule has 0 aliphatic heterocycles. The van der Waals surface area contributed by atoms with Gasteiger partial charge in [-0.15, -0.1) is 0 Å². The molecule has 5 nitrogen and oxygen atoms in total. The summed E-state index contributed by atoms with van der Waals surface area (Å²) in [5.41, 5.74) is 0. The number of urea groups is 1. The number of nitrogens with zero attached hydrogens (tertiary/aromatic N) is 1. The zero-order valence-electron chi connectivity index (χ0n) is 7.70. The SMILES string of the molecule is CC(C)CNC(=O)Nc1cocn1. The minimum Gasteiger partial charge on any atom is -0.449 e. The first-order chi connectivity index (χ1) is 6.18. The summed E-state index contributed by atoms with van der Waals surface area (Å²) in [6.45, 7) is 4.69. The summed E-state index contributed by atoms with van der Waals surface area (Å²) in [5, 5.41) is 5.21. The summed E-state index contributed by atoms with van der Waals surface area (Å²) >= 11 is 0. The molecular weight excluding hydrogens is 170 g/mol. The third-order valence-electron chi connectivity index (χ3n) is 1.34. The summed E-state index contributed by atoms with van der Waals surface area (Å²) in [4.78, 5) is 14.9. The molecule has 0 aliphatic carbocycles. The zero-order chi connectivity index (χ0) is 9.68. The van der Waals surface area contributed by atoms with Crippen LogP contribution in [0.1, 0.15) is 13.8 Å². The van der Waals surface area contributed by atoms with E-state index in [-0.39, 0.29) is 6.03 Å². The molecule has 1 aromatic rings. The van der Waals surface area contributed by atoms with Gasteiger partial charge in [-0.05, 0) is 5.92 Å². The van der Waals surface area contributed by atoms with Gasteiger partial charge in [0, 0.05) is 6.54 Å². The largest absolute Gasteiger partial charge is 0.449 e. The van der Waals surface area contributed by atoms with Crippen molar-refractivity contribution in [1.29, 1.82) is 0 Å². The number of oxazole rings is 1. The second kappa shape index (κ2) is 4.49. The Labute approximate surface area is 76.5 Å². The Morgan fingerprint density at radius 2 is 2.46 bits per heavy atom. The maximum Gasteiger partial charge on any atom is 0.320 e. The molecule has 1 aromatic heterocycles. The van der Waals surface area contributed by atoms with E-state index in [4.69, 9.17) is 0 Å². The fraction of sp³-hybridized carbons (Fsp3) is 0.500. The fourth-order valence-corrected chi connectivity index (χ4v) is 0.732. The number of hydrogen-bond acceptors (Lipinski definition) is 3. The predicted molar refractivity (Wildman–Crippen MR) is 48.4 cm³/mol. The normalized spacial score (nSPS) is 10.1. The van der Waals surface area contributed by atoms with Crippen LogP contribution in [0.5, 0.6) is 0 Å². The number of carbonyl (C=O) groups is 1. The summed E-state index contributed by atoms with van der Waals surface area (Å²) in [5.74, 6) is 0.851. The van der Waals surface area contributed by atoms with Gasteiger partial charge in [-0.1, -0.05) is 13.8 Å². The quantitative estimate of drug-likeness (QED) is 0.745. The van der Waals surface area contributed by atoms with E-state index in [1.165, 1.54) is 12.7 Å². The highest BCUT2D eigenvalue weighted by atomic mass is 16.3. The third-order valence-corrected chi connectivity index (χ3v) is 1.34. The van der Waals surface area contributed by atoms with Gasteiger partial charge in [-0.2, -0.15) is 4.98 Å². The Kier molecular flexibility index (Phi) is 3.31. The monoisotopic (exact) mass is 183 g/mol. The molecule has 13 heavy (non-hydrogen) atoms. The lowest BCUT2D eigenvalue weighted by atomic mass is 10.2. The van der Waals surface area contributed by atoms with Crippen LogP contribution in [0.15, 0.2) is 17.1 Å². The highest BCUT2D eigenvalue weighted by Gasteiger charge is 2.03. The molecule has 0 fully saturated rings. The highest BCUT2D eigenvalue weighted by Crippen LogP contribution is 1.99. The van der Waals surface area contributed by atoms with Crippen molar-refractivity contribution in [3.8, 4) is 0 Å². The molecule has 0 radical (unpaired) electrons. The van der Waals surface area contributed by atoms with Crippen molar-refractivity contribution >= 4 is 11.8 Å². The van der Waals surface area contributed by atoms with Gasteiger partial charge >= 0.3 is 6.03 Å². The van der Waals surface area contributed by atoms with E-state index in [2.05, 4.69) is 20.0 Å². The van der Waals surface area contributed by atoms with Gasteiger partial charge in [0.05, 0.1) is 0 Å². The van der Waals surface area contributed by atoms with Crippen LogP contribution in [0, 0.1) is 5.92 Å². The number of aromatic nitrogens is 1. The lowest BCUT2D eigenvalue weighted by molar-refractivity contribution is 0.251. The maximum atomic E-state index is 11.1. The van der Waals surface area contributed by atoms with Crippen molar-refractivity contribution in [2.75, 3.05) is 11.9 Å². The van der Waals surface area contributed by atoms with E-state index in [0.717, 1.165) is 0 Å². The van der Waals surface area contributed by atoms with E-state index in [9.17, 15) is 4.79 Å². The Hall–Kier alpha value is -1.52. The van der Waals surface area contributed by atoms with Crippen molar-refractivity contribution in [1.82, 2.24) is 10.3 Å². The molecule has 0 aliphatic rings. The minimum atomic E-state index is -0.261. The smallest absolute Gasteiger partial charge is 0.320 e. The van der Waals surface area contributed by atoms with E-state index in [1.54, 1.807) is 0 Å². The molecule has 0 unspecified atom stereocenters. The average molecular weight is 183 g/mol. The summed E-state index contributed by atoms with van der Waals surface area (Å²) < 4.78 is 4.69. The zero-order valence-corrected chi connectivity index (χ0v) is 7.70. The first-order valence-corrected chi connectivity index (χ1v) is 4.11. The van der Waals surface area contributed by atoms with Crippen LogP contribution in [0.25, 0.3) is 0 Å². The van der Waals surface area contributed by atoms with E-state index in [1.807, 2.05) is 13.8 Å². The molecule has 5 heteroatoms. The second-order valence-electron chi connectivity index (χ2n) is 3.10. The molecule has 2 amide bonds. The summed E-state index contributed by atoms with van der Waals surface area (Å²) in [6, 6.07) is -0.261. The Balaban J connectivity index is 2.26. The third kappa shape index (κ3) is 3.59. The molecule has 2 N–H and O–H groups in total. The lowest BCUT2D eigenvalue weighted by Crippen LogP contribution is -2.31. The second-order valence-corrected chi connectivity index (χ2v) is 3.10. The Morgan fingerprint density at radius 3 is 3.00 bits per heavy atom. The van der Waals surface area contributed by atoms with E-state index >= 15 is 0 Å². The molecule has 0 atom stereocenters. The van der Waals surface area contributed by atoms with Gasteiger partial charge in [0.1, 0.15) is 6.26 Å². The van der Waals surface area contributed by atoms with Crippen LogP contribution in [-0.2, 0) is 0 Å². The molecular formula is C8H13N3O2. The van der Waals surface area contributed by atoms with Gasteiger partial charge in [0.2, 0.25) is 0 Å². The molecule has 0 spiro atoms. The van der Waals surface area contributed by atoms with Crippen molar-refractivity contribution in [2.24, 2.45) is 5.92 Å². The van der Waals surface area contributed by atoms with Crippen LogP contribution in [0.3, 0.4) is 0 Å². The number of hydrogen-bond donors (Lipinski definition) is 2. The van der Waals surface area contributed by atoms with Crippen molar-refractivity contribution in [3.05, 3.63) is 12.7 Å². The van der Waals surface area contributed by atoms with Gasteiger partial charge in [-0.25, -0.2) is 4.79 Å². The highest BCUT2D eigenvalue weighted by molar-refractivity contribution is 5.87. The molecule has 72 valence electrons. The number of nitrogens with one attached hydrogen (secondary N) is 2. The van der Waals surface area contributed by atoms with Crippen LogP contribution in [0.2, 0.25) is 0 Å². The minimum absolute atomic E-state index is 0.261. The van der Waals surface area contributed by atoms with E-state index < -0.39 is 0 Å². The van der Waals surface area contributed by atoms with Crippen LogP contribution in [0.4, 0.5) is 10.6 Å². The molecule has 0 aromatic carbocycles. The molecule has 1 rings (SSSR count). The summed E-state index contributed by atoms with van der Waals surface area (Å²) in [6.07, 6.45) is 2.63. The number of rotatable bonds is 3.